The van der Waals surface area contributed by atoms with Gasteiger partial charge in [0.2, 0.25) is 5.91 Å². The zero-order valence-corrected chi connectivity index (χ0v) is 13.0. The quantitative estimate of drug-likeness (QED) is 0.893. The number of rotatable bonds is 5. The maximum absolute atomic E-state index is 12.5. The Kier molecular flexibility index (Phi) is 4.81. The van der Waals surface area contributed by atoms with Crippen molar-refractivity contribution in [1.82, 2.24) is 10.2 Å². The molecule has 2 atom stereocenters. The third-order valence-corrected chi connectivity index (χ3v) is 4.57. The van der Waals surface area contributed by atoms with Gasteiger partial charge in [-0.15, -0.1) is 0 Å². The average Bonchev–Trinajstić information content (AvgIpc) is 2.37. The van der Waals surface area contributed by atoms with Crippen LogP contribution < -0.4 is 5.32 Å². The Balaban J connectivity index is 1.91. The summed E-state index contributed by atoms with van der Waals surface area (Å²) < 4.78 is 0. The zero-order valence-electron chi connectivity index (χ0n) is 13.0. The van der Waals surface area contributed by atoms with Crippen LogP contribution in [0.2, 0.25) is 0 Å². The van der Waals surface area contributed by atoms with Crippen LogP contribution >= 0.6 is 0 Å². The summed E-state index contributed by atoms with van der Waals surface area (Å²) in [5.41, 5.74) is 2.57. The molecule has 2 unspecified atom stereocenters. The second kappa shape index (κ2) is 6.40. The molecule has 0 aliphatic carbocycles. The molecule has 0 saturated carbocycles. The fourth-order valence-electron chi connectivity index (χ4n) is 2.61. The van der Waals surface area contributed by atoms with E-state index in [1.165, 1.54) is 11.1 Å². The molecule has 1 aromatic carbocycles. The Morgan fingerprint density at radius 3 is 2.40 bits per heavy atom. The molecule has 1 fully saturated rings. The molecule has 1 amide bonds. The lowest BCUT2D eigenvalue weighted by Gasteiger charge is -2.35. The summed E-state index contributed by atoms with van der Waals surface area (Å²) in [6, 6.07) is 8.81. The lowest BCUT2D eigenvalue weighted by Crippen LogP contribution is -2.51. The fraction of sp³-hybridized carbons (Fsp3) is 0.588. The summed E-state index contributed by atoms with van der Waals surface area (Å²) in [4.78, 5) is 14.4. The minimum absolute atomic E-state index is 0.127. The van der Waals surface area contributed by atoms with E-state index >= 15 is 0 Å². The Morgan fingerprint density at radius 1 is 1.30 bits per heavy atom. The van der Waals surface area contributed by atoms with Crippen LogP contribution in [0.5, 0.6) is 0 Å². The highest BCUT2D eigenvalue weighted by Gasteiger charge is 2.31. The maximum atomic E-state index is 12.5. The van der Waals surface area contributed by atoms with Crippen molar-refractivity contribution in [3.8, 4) is 0 Å². The van der Waals surface area contributed by atoms with Gasteiger partial charge in [-0.2, -0.15) is 0 Å². The smallest absolute Gasteiger partial charge is 0.225 e. The van der Waals surface area contributed by atoms with Gasteiger partial charge in [-0.05, 0) is 44.8 Å². The number of likely N-dealkylation sites (N-methyl/N-ethyl adjacent to an activating group) is 1. The van der Waals surface area contributed by atoms with Gasteiger partial charge in [0.05, 0.1) is 0 Å². The first-order valence-electron chi connectivity index (χ1n) is 7.52. The van der Waals surface area contributed by atoms with E-state index in [2.05, 4.69) is 50.4 Å². The van der Waals surface area contributed by atoms with Gasteiger partial charge < -0.3 is 10.2 Å². The number of hydrogen-bond acceptors (Lipinski definition) is 2. The van der Waals surface area contributed by atoms with E-state index in [1.54, 1.807) is 0 Å². The SMILES string of the molecule is Cc1ccc(CC(C)N(C)C(=O)C(C)C2CNC2)cc1. The highest BCUT2D eigenvalue weighted by Crippen LogP contribution is 2.19. The van der Waals surface area contributed by atoms with Crippen molar-refractivity contribution in [3.05, 3.63) is 35.4 Å². The van der Waals surface area contributed by atoms with E-state index in [0.29, 0.717) is 5.92 Å². The Morgan fingerprint density at radius 2 is 1.90 bits per heavy atom. The summed E-state index contributed by atoms with van der Waals surface area (Å²) in [6.07, 6.45) is 0.915. The number of aryl methyl sites for hydroxylation is 1. The molecule has 0 bridgehead atoms. The first-order chi connectivity index (χ1) is 9.49. The van der Waals surface area contributed by atoms with Gasteiger partial charge in [0, 0.05) is 19.0 Å². The molecule has 20 heavy (non-hydrogen) atoms. The number of benzene rings is 1. The highest BCUT2D eigenvalue weighted by atomic mass is 16.2. The zero-order chi connectivity index (χ0) is 14.7. The van der Waals surface area contributed by atoms with Crippen molar-refractivity contribution in [1.29, 1.82) is 0 Å². The number of nitrogens with zero attached hydrogens (tertiary/aromatic N) is 1. The van der Waals surface area contributed by atoms with Gasteiger partial charge in [0.25, 0.3) is 0 Å². The number of nitrogens with one attached hydrogen (secondary N) is 1. The molecule has 1 N–H and O–H groups in total. The first kappa shape index (κ1) is 15.0. The molecule has 2 rings (SSSR count). The van der Waals surface area contributed by atoms with Gasteiger partial charge in [-0.3, -0.25) is 4.79 Å². The molecule has 1 aliphatic heterocycles. The molecule has 0 spiro atoms. The van der Waals surface area contributed by atoms with Crippen LogP contribution in [-0.4, -0.2) is 37.0 Å². The second-order valence-corrected chi connectivity index (χ2v) is 6.19. The van der Waals surface area contributed by atoms with Crippen LogP contribution in [0.3, 0.4) is 0 Å². The van der Waals surface area contributed by atoms with E-state index in [1.807, 2.05) is 11.9 Å². The standard InChI is InChI=1S/C17H26N2O/c1-12-5-7-15(8-6-12)9-13(2)19(4)17(20)14(3)16-10-18-11-16/h5-8,13-14,16,18H,9-11H2,1-4H3. The molecule has 0 aromatic heterocycles. The summed E-state index contributed by atoms with van der Waals surface area (Å²) in [7, 11) is 1.93. The lowest BCUT2D eigenvalue weighted by molar-refractivity contribution is -0.137. The topological polar surface area (TPSA) is 32.3 Å². The van der Waals surface area contributed by atoms with Crippen molar-refractivity contribution in [2.24, 2.45) is 11.8 Å². The van der Waals surface area contributed by atoms with Gasteiger partial charge >= 0.3 is 0 Å². The highest BCUT2D eigenvalue weighted by molar-refractivity contribution is 5.79. The summed E-state index contributed by atoms with van der Waals surface area (Å²) in [5, 5.41) is 3.24. The molecule has 1 aliphatic rings. The predicted octanol–water partition coefficient (Wildman–Crippen LogP) is 2.24. The Hall–Kier alpha value is -1.35. The van der Waals surface area contributed by atoms with E-state index in [-0.39, 0.29) is 17.9 Å². The van der Waals surface area contributed by atoms with E-state index in [9.17, 15) is 4.79 Å². The molecule has 110 valence electrons. The molecular weight excluding hydrogens is 248 g/mol. The number of hydrogen-bond donors (Lipinski definition) is 1. The summed E-state index contributed by atoms with van der Waals surface area (Å²) in [6.45, 7) is 8.24. The fourth-order valence-corrected chi connectivity index (χ4v) is 2.61. The minimum atomic E-state index is 0.127. The van der Waals surface area contributed by atoms with Gasteiger partial charge in [0.15, 0.2) is 0 Å². The summed E-state index contributed by atoms with van der Waals surface area (Å²) in [5.74, 6) is 0.911. The van der Waals surface area contributed by atoms with Crippen LogP contribution in [0.25, 0.3) is 0 Å². The molecule has 3 nitrogen and oxygen atoms in total. The molecule has 1 saturated heterocycles. The maximum Gasteiger partial charge on any atom is 0.225 e. The van der Waals surface area contributed by atoms with Crippen LogP contribution in [-0.2, 0) is 11.2 Å². The molecular formula is C17H26N2O. The lowest BCUT2D eigenvalue weighted by atomic mass is 9.87. The largest absolute Gasteiger partial charge is 0.342 e. The van der Waals surface area contributed by atoms with E-state index in [4.69, 9.17) is 0 Å². The Bertz CT molecular complexity index is 451. The predicted molar refractivity (Wildman–Crippen MR) is 82.6 cm³/mol. The van der Waals surface area contributed by atoms with Crippen molar-refractivity contribution in [3.63, 3.8) is 0 Å². The second-order valence-electron chi connectivity index (χ2n) is 6.19. The first-order valence-corrected chi connectivity index (χ1v) is 7.52. The van der Waals surface area contributed by atoms with Gasteiger partial charge in [-0.1, -0.05) is 36.8 Å². The minimum Gasteiger partial charge on any atom is -0.342 e. The number of amides is 1. The average molecular weight is 274 g/mol. The van der Waals surface area contributed by atoms with Crippen molar-refractivity contribution >= 4 is 5.91 Å². The van der Waals surface area contributed by atoms with Crippen LogP contribution in [0.4, 0.5) is 0 Å². The normalized spacial score (nSPS) is 18.2. The molecule has 1 aromatic rings. The molecule has 3 heteroatoms. The van der Waals surface area contributed by atoms with Gasteiger partial charge in [-0.25, -0.2) is 0 Å². The van der Waals surface area contributed by atoms with Crippen LogP contribution in [0.1, 0.15) is 25.0 Å². The molecule has 1 heterocycles. The van der Waals surface area contributed by atoms with Crippen molar-refractivity contribution in [2.75, 3.05) is 20.1 Å². The third-order valence-electron chi connectivity index (χ3n) is 4.57. The van der Waals surface area contributed by atoms with Gasteiger partial charge in [0.1, 0.15) is 0 Å². The van der Waals surface area contributed by atoms with E-state index < -0.39 is 0 Å². The number of carbonyl (C=O) groups excluding carboxylic acids is 1. The third kappa shape index (κ3) is 3.40. The van der Waals surface area contributed by atoms with Crippen LogP contribution in [0, 0.1) is 18.8 Å². The molecule has 0 radical (unpaired) electrons. The summed E-state index contributed by atoms with van der Waals surface area (Å²) >= 11 is 0. The number of carbonyl (C=O) groups is 1. The monoisotopic (exact) mass is 274 g/mol. The Labute approximate surface area is 122 Å². The van der Waals surface area contributed by atoms with Crippen molar-refractivity contribution in [2.45, 2.75) is 33.2 Å². The van der Waals surface area contributed by atoms with Crippen molar-refractivity contribution < 1.29 is 4.79 Å². The van der Waals surface area contributed by atoms with E-state index in [0.717, 1.165) is 19.5 Å². The van der Waals surface area contributed by atoms with Crippen LogP contribution in [0.15, 0.2) is 24.3 Å².